The van der Waals surface area contributed by atoms with E-state index in [1.54, 1.807) is 7.11 Å². The summed E-state index contributed by atoms with van der Waals surface area (Å²) >= 11 is 12.2. The van der Waals surface area contributed by atoms with Crippen LogP contribution in [-0.4, -0.2) is 19.5 Å². The summed E-state index contributed by atoms with van der Waals surface area (Å²) in [6.45, 7) is 1.73. The molecule has 1 saturated carbocycles. The molecule has 1 N–H and O–H groups in total. The van der Waals surface area contributed by atoms with E-state index in [1.807, 2.05) is 18.2 Å². The van der Waals surface area contributed by atoms with Gasteiger partial charge in [0.2, 0.25) is 0 Å². The van der Waals surface area contributed by atoms with Crippen LogP contribution in [0.4, 0.5) is 0 Å². The largest absolute Gasteiger partial charge is 0.496 e. The molecule has 0 bridgehead atoms. The molecule has 1 aromatic rings. The lowest BCUT2D eigenvalue weighted by Gasteiger charge is -2.26. The summed E-state index contributed by atoms with van der Waals surface area (Å²) in [5.74, 6) is 1.62. The minimum absolute atomic E-state index is 0.285. The fourth-order valence-electron chi connectivity index (χ4n) is 2.83. The van der Waals surface area contributed by atoms with E-state index < -0.39 is 0 Å². The highest BCUT2D eigenvalue weighted by Gasteiger charge is 2.32. The van der Waals surface area contributed by atoms with Crippen molar-refractivity contribution in [2.24, 2.45) is 5.41 Å². The smallest absolute Gasteiger partial charge is 0.123 e. The van der Waals surface area contributed by atoms with Crippen LogP contribution in [0.5, 0.6) is 5.75 Å². The lowest BCUT2D eigenvalue weighted by molar-refractivity contribution is 0.318. The van der Waals surface area contributed by atoms with Crippen molar-refractivity contribution in [3.05, 3.63) is 28.8 Å². The predicted molar refractivity (Wildman–Crippen MR) is 81.3 cm³/mol. The number of halogens is 2. The third-order valence-corrected chi connectivity index (χ3v) is 4.81. The van der Waals surface area contributed by atoms with Crippen LogP contribution in [0.3, 0.4) is 0 Å². The van der Waals surface area contributed by atoms with Crippen molar-refractivity contribution in [3.63, 3.8) is 0 Å². The Labute approximate surface area is 125 Å². The highest BCUT2D eigenvalue weighted by Crippen LogP contribution is 2.38. The minimum Gasteiger partial charge on any atom is -0.496 e. The Morgan fingerprint density at radius 3 is 2.68 bits per heavy atom. The maximum atomic E-state index is 6.14. The Morgan fingerprint density at radius 1 is 1.32 bits per heavy atom. The van der Waals surface area contributed by atoms with Gasteiger partial charge in [-0.25, -0.2) is 0 Å². The van der Waals surface area contributed by atoms with Crippen LogP contribution in [0.2, 0.25) is 5.02 Å². The van der Waals surface area contributed by atoms with Gasteiger partial charge in [0.05, 0.1) is 7.11 Å². The van der Waals surface area contributed by atoms with Crippen molar-refractivity contribution in [2.75, 3.05) is 19.5 Å². The molecule has 2 nitrogen and oxygen atoms in total. The van der Waals surface area contributed by atoms with Crippen LogP contribution in [-0.2, 0) is 6.54 Å². The molecule has 0 saturated heterocycles. The van der Waals surface area contributed by atoms with Crippen LogP contribution in [0, 0.1) is 5.41 Å². The minimum atomic E-state index is 0.285. The average Bonchev–Trinajstić information content (AvgIpc) is 2.88. The molecule has 106 valence electrons. The van der Waals surface area contributed by atoms with Crippen molar-refractivity contribution in [1.82, 2.24) is 5.32 Å². The van der Waals surface area contributed by atoms with E-state index in [4.69, 9.17) is 27.9 Å². The lowest BCUT2D eigenvalue weighted by atomic mass is 9.88. The normalized spacial score (nSPS) is 17.6. The summed E-state index contributed by atoms with van der Waals surface area (Å²) in [7, 11) is 1.68. The van der Waals surface area contributed by atoms with Gasteiger partial charge in [-0.15, -0.1) is 11.6 Å². The van der Waals surface area contributed by atoms with Crippen LogP contribution >= 0.6 is 23.2 Å². The van der Waals surface area contributed by atoms with Crippen LogP contribution in [0.15, 0.2) is 18.2 Å². The van der Waals surface area contributed by atoms with Gasteiger partial charge in [-0.05, 0) is 36.5 Å². The number of hydrogen-bond acceptors (Lipinski definition) is 2. The van der Waals surface area contributed by atoms with Crippen molar-refractivity contribution in [3.8, 4) is 5.75 Å². The van der Waals surface area contributed by atoms with Crippen LogP contribution in [0.25, 0.3) is 0 Å². The first-order chi connectivity index (χ1) is 9.19. The van der Waals surface area contributed by atoms with E-state index in [0.29, 0.717) is 0 Å². The summed E-state index contributed by atoms with van der Waals surface area (Å²) in [4.78, 5) is 0. The number of benzene rings is 1. The molecule has 0 aromatic heterocycles. The number of alkyl halides is 1. The predicted octanol–water partition coefficient (Wildman–Crippen LogP) is 4.24. The summed E-state index contributed by atoms with van der Waals surface area (Å²) in [6, 6.07) is 5.71. The molecule has 0 radical (unpaired) electrons. The number of rotatable bonds is 6. The van der Waals surface area contributed by atoms with Crippen molar-refractivity contribution in [2.45, 2.75) is 32.2 Å². The molecule has 19 heavy (non-hydrogen) atoms. The maximum absolute atomic E-state index is 6.14. The molecule has 4 heteroatoms. The topological polar surface area (TPSA) is 21.3 Å². The number of nitrogens with one attached hydrogen (secondary N) is 1. The van der Waals surface area contributed by atoms with Gasteiger partial charge in [0.15, 0.2) is 0 Å². The van der Waals surface area contributed by atoms with E-state index in [2.05, 4.69) is 5.32 Å². The van der Waals surface area contributed by atoms with Gasteiger partial charge in [0.1, 0.15) is 5.75 Å². The maximum Gasteiger partial charge on any atom is 0.123 e. The molecule has 0 atom stereocenters. The molecule has 0 spiro atoms. The monoisotopic (exact) mass is 301 g/mol. The average molecular weight is 302 g/mol. The van der Waals surface area contributed by atoms with Gasteiger partial charge in [0.25, 0.3) is 0 Å². The molecule has 0 unspecified atom stereocenters. The van der Waals surface area contributed by atoms with Crippen molar-refractivity contribution >= 4 is 23.2 Å². The number of methoxy groups -OCH3 is 1. The summed E-state index contributed by atoms with van der Waals surface area (Å²) in [5.41, 5.74) is 1.38. The van der Waals surface area contributed by atoms with E-state index >= 15 is 0 Å². The summed E-state index contributed by atoms with van der Waals surface area (Å²) < 4.78 is 5.35. The second-order valence-corrected chi connectivity index (χ2v) is 6.10. The first-order valence-corrected chi connectivity index (χ1v) is 7.69. The van der Waals surface area contributed by atoms with Gasteiger partial charge < -0.3 is 10.1 Å². The van der Waals surface area contributed by atoms with Crippen molar-refractivity contribution in [1.29, 1.82) is 0 Å². The zero-order valence-electron chi connectivity index (χ0n) is 11.3. The van der Waals surface area contributed by atoms with Gasteiger partial charge in [0, 0.05) is 29.6 Å². The van der Waals surface area contributed by atoms with Gasteiger partial charge in [-0.3, -0.25) is 0 Å². The fraction of sp³-hybridized carbons (Fsp3) is 0.600. The molecule has 1 aromatic carbocycles. The standard InChI is InChI=1S/C15H21Cl2NO/c1-19-14-5-4-13(17)8-12(14)9-18-11-15(10-16)6-2-3-7-15/h4-5,8,18H,2-3,6-7,9-11H2,1H3. The molecule has 1 aliphatic carbocycles. The van der Waals surface area contributed by atoms with Gasteiger partial charge in [-0.2, -0.15) is 0 Å². The Morgan fingerprint density at radius 2 is 2.05 bits per heavy atom. The highest BCUT2D eigenvalue weighted by molar-refractivity contribution is 6.30. The third-order valence-electron chi connectivity index (χ3n) is 4.01. The molecule has 1 fully saturated rings. The number of hydrogen-bond donors (Lipinski definition) is 1. The van der Waals surface area contributed by atoms with Crippen LogP contribution in [0.1, 0.15) is 31.2 Å². The van der Waals surface area contributed by atoms with E-state index in [-0.39, 0.29) is 5.41 Å². The van der Waals surface area contributed by atoms with Crippen LogP contribution < -0.4 is 10.1 Å². The summed E-state index contributed by atoms with van der Waals surface area (Å²) in [5, 5.41) is 4.26. The second kappa shape index (κ2) is 6.83. The van der Waals surface area contributed by atoms with E-state index in [1.165, 1.54) is 25.7 Å². The number of ether oxygens (including phenoxy) is 1. The molecule has 0 aliphatic heterocycles. The van der Waals surface area contributed by atoms with Gasteiger partial charge >= 0.3 is 0 Å². The molecular formula is C15H21Cl2NO. The van der Waals surface area contributed by atoms with Crippen molar-refractivity contribution < 1.29 is 4.74 Å². The Kier molecular flexibility index (Phi) is 5.37. The quantitative estimate of drug-likeness (QED) is 0.794. The molecular weight excluding hydrogens is 281 g/mol. The molecule has 2 rings (SSSR count). The molecule has 0 amide bonds. The SMILES string of the molecule is COc1ccc(Cl)cc1CNCC1(CCl)CCCC1. The zero-order valence-corrected chi connectivity index (χ0v) is 12.9. The first-order valence-electron chi connectivity index (χ1n) is 6.78. The Bertz CT molecular complexity index is 417. The van der Waals surface area contributed by atoms with Gasteiger partial charge in [-0.1, -0.05) is 24.4 Å². The fourth-order valence-corrected chi connectivity index (χ4v) is 3.39. The second-order valence-electron chi connectivity index (χ2n) is 5.40. The molecule has 1 aliphatic rings. The zero-order chi connectivity index (χ0) is 13.7. The Hall–Kier alpha value is -0.440. The van der Waals surface area contributed by atoms with E-state index in [9.17, 15) is 0 Å². The lowest BCUT2D eigenvalue weighted by Crippen LogP contribution is -2.33. The summed E-state index contributed by atoms with van der Waals surface area (Å²) in [6.07, 6.45) is 5.07. The Balaban J connectivity index is 1.93. The molecule has 0 heterocycles. The third kappa shape index (κ3) is 3.77. The van der Waals surface area contributed by atoms with E-state index in [0.717, 1.165) is 35.3 Å². The highest BCUT2D eigenvalue weighted by atomic mass is 35.5. The first kappa shape index (κ1) is 15.0.